The number of amides is 1. The number of nitrogens with zero attached hydrogens (tertiary/aromatic N) is 2. The number of H-pyrrole nitrogens is 1. The Hall–Kier alpha value is -1.90. The lowest BCUT2D eigenvalue weighted by molar-refractivity contribution is -0.140. The van der Waals surface area contributed by atoms with E-state index in [1.54, 1.807) is 0 Å². The van der Waals surface area contributed by atoms with Gasteiger partial charge in [0.25, 0.3) is 5.91 Å². The fraction of sp³-hybridized carbons (Fsp3) is 0.125. The molecule has 0 bridgehead atoms. The normalized spacial score (nSPS) is 11.7. The SMILES string of the molecule is NC(=O)c1[nH]ncc1-c1nc(C(F)(F)F)cs1. The van der Waals surface area contributed by atoms with E-state index in [0.717, 1.165) is 16.7 Å². The fourth-order valence-corrected chi connectivity index (χ4v) is 2.01. The molecular formula is C8H5F3N4OS. The van der Waals surface area contributed by atoms with Gasteiger partial charge in [-0.2, -0.15) is 18.3 Å². The summed E-state index contributed by atoms with van der Waals surface area (Å²) < 4.78 is 37.0. The van der Waals surface area contributed by atoms with Crippen molar-refractivity contribution in [1.82, 2.24) is 15.2 Å². The lowest BCUT2D eigenvalue weighted by Gasteiger charge is -1.99. The molecule has 2 aromatic rings. The van der Waals surface area contributed by atoms with E-state index in [1.165, 1.54) is 6.20 Å². The second-order valence-electron chi connectivity index (χ2n) is 3.06. The Kier molecular flexibility index (Phi) is 2.62. The number of hydrogen-bond acceptors (Lipinski definition) is 4. The average molecular weight is 262 g/mol. The van der Waals surface area contributed by atoms with Crippen LogP contribution in [-0.4, -0.2) is 21.1 Å². The van der Waals surface area contributed by atoms with Gasteiger partial charge in [0, 0.05) is 5.38 Å². The Balaban J connectivity index is 2.44. The van der Waals surface area contributed by atoms with Crippen LogP contribution in [0.25, 0.3) is 10.6 Å². The third kappa shape index (κ3) is 2.13. The molecule has 0 aliphatic carbocycles. The van der Waals surface area contributed by atoms with E-state index in [0.29, 0.717) is 0 Å². The van der Waals surface area contributed by atoms with Gasteiger partial charge in [-0.05, 0) is 0 Å². The van der Waals surface area contributed by atoms with Crippen LogP contribution in [0.3, 0.4) is 0 Å². The summed E-state index contributed by atoms with van der Waals surface area (Å²) in [7, 11) is 0. The minimum atomic E-state index is -4.51. The summed E-state index contributed by atoms with van der Waals surface area (Å²) in [5.41, 5.74) is 4.13. The Morgan fingerprint density at radius 1 is 1.47 bits per heavy atom. The number of aromatic amines is 1. The van der Waals surface area contributed by atoms with Gasteiger partial charge in [0.05, 0.1) is 11.8 Å². The molecule has 0 saturated heterocycles. The molecule has 17 heavy (non-hydrogen) atoms. The molecule has 0 aromatic carbocycles. The van der Waals surface area contributed by atoms with Gasteiger partial charge < -0.3 is 5.73 Å². The highest BCUT2D eigenvalue weighted by Crippen LogP contribution is 2.34. The standard InChI is InChI=1S/C8H5F3N4OS/c9-8(10,11)4-2-17-7(14-4)3-1-13-15-5(3)6(12)16/h1-2H,(H2,12,16)(H,13,15). The second-order valence-corrected chi connectivity index (χ2v) is 3.92. The Morgan fingerprint density at radius 3 is 2.71 bits per heavy atom. The van der Waals surface area contributed by atoms with Crippen LogP contribution in [0.4, 0.5) is 13.2 Å². The predicted molar refractivity (Wildman–Crippen MR) is 53.2 cm³/mol. The largest absolute Gasteiger partial charge is 0.434 e. The number of carbonyl (C=O) groups excluding carboxylic acids is 1. The van der Waals surface area contributed by atoms with Crippen LogP contribution in [0.15, 0.2) is 11.6 Å². The van der Waals surface area contributed by atoms with Crippen LogP contribution in [-0.2, 0) is 6.18 Å². The molecule has 0 spiro atoms. The smallest absolute Gasteiger partial charge is 0.364 e. The molecule has 1 amide bonds. The van der Waals surface area contributed by atoms with Crippen molar-refractivity contribution in [3.63, 3.8) is 0 Å². The number of halogens is 3. The number of nitrogens with one attached hydrogen (secondary N) is 1. The molecule has 9 heteroatoms. The molecule has 0 saturated carbocycles. The molecule has 0 fully saturated rings. The van der Waals surface area contributed by atoms with Crippen molar-refractivity contribution < 1.29 is 18.0 Å². The van der Waals surface area contributed by atoms with E-state index in [4.69, 9.17) is 5.73 Å². The van der Waals surface area contributed by atoms with Gasteiger partial charge in [0.15, 0.2) is 5.69 Å². The Bertz CT molecular complexity index is 559. The lowest BCUT2D eigenvalue weighted by atomic mass is 10.2. The molecule has 3 N–H and O–H groups in total. The number of aromatic nitrogens is 3. The predicted octanol–water partition coefficient (Wildman–Crippen LogP) is 1.65. The maximum atomic E-state index is 12.3. The topological polar surface area (TPSA) is 84.7 Å². The molecule has 2 rings (SSSR count). The number of hydrogen-bond donors (Lipinski definition) is 2. The van der Waals surface area contributed by atoms with E-state index >= 15 is 0 Å². The van der Waals surface area contributed by atoms with Gasteiger partial charge in [-0.25, -0.2) is 4.98 Å². The van der Waals surface area contributed by atoms with Crippen molar-refractivity contribution >= 4 is 17.2 Å². The summed E-state index contributed by atoms with van der Waals surface area (Å²) >= 11 is 0.767. The summed E-state index contributed by atoms with van der Waals surface area (Å²) in [5, 5.41) is 6.77. The van der Waals surface area contributed by atoms with Crippen molar-refractivity contribution in [2.24, 2.45) is 5.73 Å². The molecule has 2 aromatic heterocycles. The van der Waals surface area contributed by atoms with Crippen LogP contribution < -0.4 is 5.73 Å². The number of primary amides is 1. The fourth-order valence-electron chi connectivity index (χ4n) is 1.16. The summed E-state index contributed by atoms with van der Waals surface area (Å²) in [5.74, 6) is -0.804. The summed E-state index contributed by atoms with van der Waals surface area (Å²) in [6, 6.07) is 0. The third-order valence-corrected chi connectivity index (χ3v) is 2.79. The van der Waals surface area contributed by atoms with Crippen molar-refractivity contribution in [3.05, 3.63) is 23.0 Å². The van der Waals surface area contributed by atoms with Crippen LogP contribution in [0.2, 0.25) is 0 Å². The highest BCUT2D eigenvalue weighted by atomic mass is 32.1. The number of alkyl halides is 3. The maximum absolute atomic E-state index is 12.3. The highest BCUT2D eigenvalue weighted by Gasteiger charge is 2.34. The first-order chi connectivity index (χ1) is 7.89. The van der Waals surface area contributed by atoms with E-state index in [1.807, 2.05) is 0 Å². The van der Waals surface area contributed by atoms with E-state index in [2.05, 4.69) is 15.2 Å². The molecular weight excluding hydrogens is 257 g/mol. The zero-order valence-electron chi connectivity index (χ0n) is 8.08. The zero-order chi connectivity index (χ0) is 12.6. The van der Waals surface area contributed by atoms with Gasteiger partial charge in [-0.1, -0.05) is 0 Å². The first kappa shape index (κ1) is 11.6. The van der Waals surface area contributed by atoms with Gasteiger partial charge >= 0.3 is 6.18 Å². The second kappa shape index (κ2) is 3.84. The summed E-state index contributed by atoms with van der Waals surface area (Å²) in [6.07, 6.45) is -3.30. The van der Waals surface area contributed by atoms with Gasteiger partial charge in [0.2, 0.25) is 0 Å². The van der Waals surface area contributed by atoms with Crippen molar-refractivity contribution in [2.45, 2.75) is 6.18 Å². The van der Waals surface area contributed by atoms with E-state index in [-0.39, 0.29) is 16.3 Å². The molecule has 2 heterocycles. The molecule has 5 nitrogen and oxygen atoms in total. The third-order valence-electron chi connectivity index (χ3n) is 1.91. The Labute approximate surface area is 96.5 Å². The maximum Gasteiger partial charge on any atom is 0.434 e. The van der Waals surface area contributed by atoms with Crippen molar-refractivity contribution in [3.8, 4) is 10.6 Å². The van der Waals surface area contributed by atoms with Crippen LogP contribution in [0, 0.1) is 0 Å². The number of nitrogens with two attached hydrogens (primary N) is 1. The highest BCUT2D eigenvalue weighted by molar-refractivity contribution is 7.13. The monoisotopic (exact) mass is 262 g/mol. The van der Waals surface area contributed by atoms with Crippen molar-refractivity contribution in [2.75, 3.05) is 0 Å². The number of carbonyl (C=O) groups is 1. The van der Waals surface area contributed by atoms with Crippen molar-refractivity contribution in [1.29, 1.82) is 0 Å². The average Bonchev–Trinajstić information content (AvgIpc) is 2.85. The first-order valence-electron chi connectivity index (χ1n) is 4.26. The molecule has 90 valence electrons. The first-order valence-corrected chi connectivity index (χ1v) is 5.14. The van der Waals surface area contributed by atoms with E-state index in [9.17, 15) is 18.0 Å². The summed E-state index contributed by atoms with van der Waals surface area (Å²) in [6.45, 7) is 0. The Morgan fingerprint density at radius 2 is 2.18 bits per heavy atom. The van der Waals surface area contributed by atoms with Crippen LogP contribution in [0.5, 0.6) is 0 Å². The van der Waals surface area contributed by atoms with E-state index < -0.39 is 17.8 Å². The molecule has 0 aliphatic rings. The minimum absolute atomic E-state index is 0.0416. The number of thiazole rings is 1. The van der Waals surface area contributed by atoms with Gasteiger partial charge in [-0.3, -0.25) is 9.89 Å². The van der Waals surface area contributed by atoms with Crippen LogP contribution >= 0.6 is 11.3 Å². The van der Waals surface area contributed by atoms with Crippen LogP contribution in [0.1, 0.15) is 16.2 Å². The minimum Gasteiger partial charge on any atom is -0.364 e. The zero-order valence-corrected chi connectivity index (χ0v) is 8.89. The summed E-state index contributed by atoms with van der Waals surface area (Å²) in [4.78, 5) is 14.4. The van der Waals surface area contributed by atoms with Gasteiger partial charge in [-0.15, -0.1) is 11.3 Å². The quantitative estimate of drug-likeness (QED) is 0.863. The number of rotatable bonds is 2. The molecule has 0 unspecified atom stereocenters. The lowest BCUT2D eigenvalue weighted by Crippen LogP contribution is -2.12. The molecule has 0 radical (unpaired) electrons. The molecule has 0 atom stereocenters. The molecule has 0 aliphatic heterocycles. The van der Waals surface area contributed by atoms with Gasteiger partial charge in [0.1, 0.15) is 10.7 Å².